The van der Waals surface area contributed by atoms with E-state index < -0.39 is 0 Å². The van der Waals surface area contributed by atoms with Gasteiger partial charge in [0.2, 0.25) is 0 Å². The number of ether oxygens (including phenoxy) is 1. The molecule has 0 amide bonds. The summed E-state index contributed by atoms with van der Waals surface area (Å²) in [5.74, 6) is 0.499. The van der Waals surface area contributed by atoms with E-state index in [2.05, 4.69) is 6.07 Å². The van der Waals surface area contributed by atoms with Gasteiger partial charge in [-0.2, -0.15) is 5.26 Å². The summed E-state index contributed by atoms with van der Waals surface area (Å²) in [5.41, 5.74) is 0.379. The SMILES string of the molecule is N#CCCCCOc1cccc(Cl)c1C=O. The van der Waals surface area contributed by atoms with Gasteiger partial charge in [-0.15, -0.1) is 0 Å². The second kappa shape index (κ2) is 6.86. The van der Waals surface area contributed by atoms with E-state index in [4.69, 9.17) is 21.6 Å². The third-order valence-electron chi connectivity index (χ3n) is 2.07. The van der Waals surface area contributed by atoms with Gasteiger partial charge in [-0.25, -0.2) is 0 Å². The molecule has 0 radical (unpaired) electrons. The predicted molar refractivity (Wildman–Crippen MR) is 61.8 cm³/mol. The number of hydrogen-bond donors (Lipinski definition) is 0. The molecule has 0 spiro atoms. The molecule has 0 saturated heterocycles. The van der Waals surface area contributed by atoms with Crippen molar-refractivity contribution in [3.63, 3.8) is 0 Å². The number of nitriles is 1. The predicted octanol–water partition coefficient (Wildman–Crippen LogP) is 3.23. The summed E-state index contributed by atoms with van der Waals surface area (Å²) in [6.45, 7) is 0.489. The molecule has 0 aliphatic rings. The Hall–Kier alpha value is -1.53. The van der Waals surface area contributed by atoms with Crippen LogP contribution in [0.5, 0.6) is 5.75 Å². The minimum Gasteiger partial charge on any atom is -0.493 e. The molecule has 0 N–H and O–H groups in total. The highest BCUT2D eigenvalue weighted by atomic mass is 35.5. The van der Waals surface area contributed by atoms with Crippen LogP contribution in [0.15, 0.2) is 18.2 Å². The largest absolute Gasteiger partial charge is 0.493 e. The molecule has 84 valence electrons. The lowest BCUT2D eigenvalue weighted by Crippen LogP contribution is -2.00. The highest BCUT2D eigenvalue weighted by Gasteiger charge is 2.06. The summed E-state index contributed by atoms with van der Waals surface area (Å²) in [6, 6.07) is 7.16. The van der Waals surface area contributed by atoms with E-state index in [1.807, 2.05) is 0 Å². The van der Waals surface area contributed by atoms with Gasteiger partial charge in [0.1, 0.15) is 5.75 Å². The second-order valence-electron chi connectivity index (χ2n) is 3.23. The van der Waals surface area contributed by atoms with E-state index in [1.165, 1.54) is 0 Å². The number of rotatable bonds is 6. The Kier molecular flexibility index (Phi) is 5.38. The van der Waals surface area contributed by atoms with Crippen molar-refractivity contribution in [2.75, 3.05) is 6.61 Å². The van der Waals surface area contributed by atoms with Crippen LogP contribution in [0.4, 0.5) is 0 Å². The van der Waals surface area contributed by atoms with Gasteiger partial charge in [0.05, 0.1) is 23.3 Å². The summed E-state index contributed by atoms with van der Waals surface area (Å²) in [5, 5.41) is 8.74. The van der Waals surface area contributed by atoms with Crippen molar-refractivity contribution in [1.82, 2.24) is 0 Å². The number of aldehydes is 1. The number of unbranched alkanes of at least 4 members (excludes halogenated alkanes) is 2. The first-order valence-electron chi connectivity index (χ1n) is 5.03. The van der Waals surface area contributed by atoms with Crippen molar-refractivity contribution >= 4 is 17.9 Å². The molecular weight excluding hydrogens is 226 g/mol. The Morgan fingerprint density at radius 1 is 1.44 bits per heavy atom. The second-order valence-corrected chi connectivity index (χ2v) is 3.64. The first-order valence-corrected chi connectivity index (χ1v) is 5.41. The zero-order chi connectivity index (χ0) is 11.8. The Morgan fingerprint density at radius 2 is 2.25 bits per heavy atom. The van der Waals surface area contributed by atoms with Crippen molar-refractivity contribution in [3.05, 3.63) is 28.8 Å². The maximum atomic E-state index is 10.8. The maximum absolute atomic E-state index is 10.8. The fourth-order valence-electron chi connectivity index (χ4n) is 1.25. The molecule has 0 heterocycles. The van der Waals surface area contributed by atoms with E-state index in [-0.39, 0.29) is 0 Å². The molecule has 3 nitrogen and oxygen atoms in total. The van der Waals surface area contributed by atoms with Crippen molar-refractivity contribution in [2.24, 2.45) is 0 Å². The van der Waals surface area contributed by atoms with E-state index in [9.17, 15) is 4.79 Å². The maximum Gasteiger partial charge on any atom is 0.155 e. The third-order valence-corrected chi connectivity index (χ3v) is 2.40. The lowest BCUT2D eigenvalue weighted by atomic mass is 10.2. The van der Waals surface area contributed by atoms with Crippen molar-refractivity contribution in [1.29, 1.82) is 5.26 Å². The Balaban J connectivity index is 2.51. The van der Waals surface area contributed by atoms with Crippen molar-refractivity contribution in [3.8, 4) is 11.8 Å². The van der Waals surface area contributed by atoms with E-state index in [0.717, 1.165) is 12.8 Å². The van der Waals surface area contributed by atoms with Gasteiger partial charge < -0.3 is 4.74 Å². The molecule has 1 rings (SSSR count). The smallest absolute Gasteiger partial charge is 0.155 e. The van der Waals surface area contributed by atoms with Crippen molar-refractivity contribution < 1.29 is 9.53 Å². The van der Waals surface area contributed by atoms with Crippen LogP contribution < -0.4 is 4.74 Å². The summed E-state index contributed by atoms with van der Waals surface area (Å²) < 4.78 is 5.43. The van der Waals surface area contributed by atoms with Crippen LogP contribution in [0.2, 0.25) is 5.02 Å². The van der Waals surface area contributed by atoms with Crippen LogP contribution in [-0.2, 0) is 0 Å². The normalized spacial score (nSPS) is 9.50. The molecular formula is C12H12ClNO2. The fraction of sp³-hybridized carbons (Fsp3) is 0.333. The first kappa shape index (κ1) is 12.5. The third kappa shape index (κ3) is 3.56. The van der Waals surface area contributed by atoms with Crippen LogP contribution in [0, 0.1) is 11.3 Å². The zero-order valence-corrected chi connectivity index (χ0v) is 9.54. The Morgan fingerprint density at radius 3 is 2.94 bits per heavy atom. The van der Waals surface area contributed by atoms with Gasteiger partial charge in [-0.05, 0) is 25.0 Å². The molecule has 0 fully saturated rings. The molecule has 0 aliphatic carbocycles. The fourth-order valence-corrected chi connectivity index (χ4v) is 1.46. The summed E-state index contributed by atoms with van der Waals surface area (Å²) in [7, 11) is 0. The zero-order valence-electron chi connectivity index (χ0n) is 8.78. The molecule has 0 saturated carbocycles. The first-order chi connectivity index (χ1) is 7.79. The number of halogens is 1. The molecule has 0 aliphatic heterocycles. The standard InChI is InChI=1S/C12H12ClNO2/c13-11-5-4-6-12(10(11)9-15)16-8-3-1-2-7-14/h4-6,9H,1-3,8H2. The van der Waals surface area contributed by atoms with Gasteiger partial charge >= 0.3 is 0 Å². The number of benzene rings is 1. The van der Waals surface area contributed by atoms with Crippen LogP contribution in [0.1, 0.15) is 29.6 Å². The van der Waals surface area contributed by atoms with Gasteiger partial charge in [0, 0.05) is 6.42 Å². The number of carbonyl (C=O) groups is 1. The van der Waals surface area contributed by atoms with E-state index in [1.54, 1.807) is 18.2 Å². The minimum atomic E-state index is 0.379. The van der Waals surface area contributed by atoms with Gasteiger partial charge in [-0.3, -0.25) is 4.79 Å². The van der Waals surface area contributed by atoms with Crippen LogP contribution in [0.3, 0.4) is 0 Å². The van der Waals surface area contributed by atoms with Gasteiger partial charge in [0.15, 0.2) is 6.29 Å². The van der Waals surface area contributed by atoms with Crippen molar-refractivity contribution in [2.45, 2.75) is 19.3 Å². The molecule has 4 heteroatoms. The molecule has 1 aromatic carbocycles. The molecule has 16 heavy (non-hydrogen) atoms. The molecule has 1 aromatic rings. The number of nitrogens with zero attached hydrogens (tertiary/aromatic N) is 1. The molecule has 0 atom stereocenters. The van der Waals surface area contributed by atoms with E-state index in [0.29, 0.717) is 35.6 Å². The van der Waals surface area contributed by atoms with Crippen LogP contribution in [0.25, 0.3) is 0 Å². The summed E-state index contributed by atoms with van der Waals surface area (Å²) >= 11 is 5.84. The van der Waals surface area contributed by atoms with Crippen LogP contribution in [-0.4, -0.2) is 12.9 Å². The molecule has 0 bridgehead atoms. The molecule has 0 aromatic heterocycles. The molecule has 0 unspecified atom stereocenters. The average Bonchev–Trinajstić information content (AvgIpc) is 2.29. The summed E-state index contributed by atoms with van der Waals surface area (Å²) in [4.78, 5) is 10.8. The van der Waals surface area contributed by atoms with Gasteiger partial charge in [0.25, 0.3) is 0 Å². The average molecular weight is 238 g/mol. The number of carbonyl (C=O) groups excluding carboxylic acids is 1. The van der Waals surface area contributed by atoms with E-state index >= 15 is 0 Å². The Bertz CT molecular complexity index is 398. The van der Waals surface area contributed by atoms with Gasteiger partial charge in [-0.1, -0.05) is 17.7 Å². The quantitative estimate of drug-likeness (QED) is 0.564. The highest BCUT2D eigenvalue weighted by molar-refractivity contribution is 6.33. The highest BCUT2D eigenvalue weighted by Crippen LogP contribution is 2.24. The minimum absolute atomic E-state index is 0.379. The van der Waals surface area contributed by atoms with Crippen LogP contribution >= 0.6 is 11.6 Å². The lowest BCUT2D eigenvalue weighted by Gasteiger charge is -2.08. The lowest BCUT2D eigenvalue weighted by molar-refractivity contribution is 0.111. The monoisotopic (exact) mass is 237 g/mol. The summed E-state index contributed by atoms with van der Waals surface area (Å²) in [6.07, 6.45) is 2.80. The topological polar surface area (TPSA) is 50.1 Å². The number of hydrogen-bond acceptors (Lipinski definition) is 3. The Labute approximate surface area is 99.6 Å².